The van der Waals surface area contributed by atoms with Crippen molar-refractivity contribution in [2.45, 2.75) is 26.3 Å². The fourth-order valence-corrected chi connectivity index (χ4v) is 4.84. The molecule has 1 amide bonds. The summed E-state index contributed by atoms with van der Waals surface area (Å²) in [5.41, 5.74) is 3.53. The van der Waals surface area contributed by atoms with Gasteiger partial charge in [0.25, 0.3) is 11.7 Å². The van der Waals surface area contributed by atoms with Crippen molar-refractivity contribution in [1.82, 2.24) is 19.2 Å². The van der Waals surface area contributed by atoms with E-state index in [-0.39, 0.29) is 11.3 Å². The molecule has 33 heavy (non-hydrogen) atoms. The molecule has 2 aromatic heterocycles. The largest absolute Gasteiger partial charge is 0.505 e. The van der Waals surface area contributed by atoms with Gasteiger partial charge in [-0.15, -0.1) is 0 Å². The first-order valence-corrected chi connectivity index (χ1v) is 11.6. The van der Waals surface area contributed by atoms with Crippen LogP contribution >= 0.6 is 15.9 Å². The lowest BCUT2D eigenvalue weighted by Crippen LogP contribution is -2.32. The van der Waals surface area contributed by atoms with E-state index in [9.17, 15) is 14.7 Å². The zero-order valence-electron chi connectivity index (χ0n) is 19.2. The highest BCUT2D eigenvalue weighted by atomic mass is 79.9. The van der Waals surface area contributed by atoms with Crippen LogP contribution in [0.3, 0.4) is 0 Å². The minimum atomic E-state index is -0.681. The van der Waals surface area contributed by atoms with E-state index in [2.05, 4.69) is 20.9 Å². The third-order valence-corrected chi connectivity index (χ3v) is 6.45. The fourth-order valence-electron chi connectivity index (χ4n) is 4.42. The van der Waals surface area contributed by atoms with Crippen LogP contribution < -0.4 is 0 Å². The summed E-state index contributed by atoms with van der Waals surface area (Å²) in [7, 11) is 3.94. The number of carbonyl (C=O) groups excluding carboxylic acids is 2. The summed E-state index contributed by atoms with van der Waals surface area (Å²) in [5, 5.41) is 11.5. The quantitative estimate of drug-likeness (QED) is 0.307. The molecule has 8 heteroatoms. The number of pyridine rings is 1. The van der Waals surface area contributed by atoms with Crippen LogP contribution in [-0.4, -0.2) is 63.2 Å². The number of hydrogen-bond donors (Lipinski definition) is 1. The van der Waals surface area contributed by atoms with E-state index in [1.807, 2.05) is 62.3 Å². The molecule has 0 bridgehead atoms. The third kappa shape index (κ3) is 4.20. The molecule has 0 unspecified atom stereocenters. The van der Waals surface area contributed by atoms with Gasteiger partial charge in [-0.25, -0.2) is 4.98 Å². The molecule has 3 heterocycles. The first-order valence-electron chi connectivity index (χ1n) is 10.8. The first-order chi connectivity index (χ1) is 15.7. The molecule has 0 radical (unpaired) electrons. The second-order valence-corrected chi connectivity index (χ2v) is 9.55. The van der Waals surface area contributed by atoms with Crippen molar-refractivity contribution in [2.75, 3.05) is 27.2 Å². The highest BCUT2D eigenvalue weighted by Crippen LogP contribution is 2.40. The van der Waals surface area contributed by atoms with Crippen molar-refractivity contribution < 1.29 is 14.7 Å². The minimum absolute atomic E-state index is 0.0920. The topological polar surface area (TPSA) is 78.1 Å². The van der Waals surface area contributed by atoms with Crippen molar-refractivity contribution in [3.05, 3.63) is 75.2 Å². The summed E-state index contributed by atoms with van der Waals surface area (Å²) in [6.07, 6.45) is 2.51. The van der Waals surface area contributed by atoms with Crippen LogP contribution in [0.2, 0.25) is 0 Å². The standard InChI is InChI=1S/C25H27BrN4O3/c1-15-8-6-12-29-20(16(2)27-24(15)29)22(31)19-21(17-9-5-10-18(26)14-17)30(25(33)23(19)32)13-7-11-28(3)4/h5-6,8-10,12,14,21,31H,7,11,13H2,1-4H3/b22-19+/t21-/m1/s1. The van der Waals surface area contributed by atoms with Gasteiger partial charge >= 0.3 is 0 Å². The summed E-state index contributed by atoms with van der Waals surface area (Å²) in [6, 6.07) is 10.6. The lowest BCUT2D eigenvalue weighted by atomic mass is 9.96. The van der Waals surface area contributed by atoms with Gasteiger partial charge in [-0.1, -0.05) is 34.1 Å². The van der Waals surface area contributed by atoms with Gasteiger partial charge in [-0.3, -0.25) is 14.0 Å². The molecule has 4 rings (SSSR count). The van der Waals surface area contributed by atoms with Crippen molar-refractivity contribution >= 4 is 39.0 Å². The average Bonchev–Trinajstić information content (AvgIpc) is 3.23. The number of benzene rings is 1. The number of hydrogen-bond acceptors (Lipinski definition) is 5. The molecular formula is C25H27BrN4O3. The number of carbonyl (C=O) groups is 2. The predicted molar refractivity (Wildman–Crippen MR) is 131 cm³/mol. The summed E-state index contributed by atoms with van der Waals surface area (Å²) >= 11 is 3.49. The van der Waals surface area contributed by atoms with Gasteiger partial charge in [0.05, 0.1) is 17.3 Å². The van der Waals surface area contributed by atoms with Crippen LogP contribution in [-0.2, 0) is 9.59 Å². The number of ketones is 1. The van der Waals surface area contributed by atoms with E-state index in [4.69, 9.17) is 0 Å². The van der Waals surface area contributed by atoms with Gasteiger partial charge < -0.3 is 14.9 Å². The van der Waals surface area contributed by atoms with Crippen LogP contribution in [0.25, 0.3) is 11.4 Å². The number of amides is 1. The molecule has 1 aliphatic rings. The lowest BCUT2D eigenvalue weighted by Gasteiger charge is -2.26. The van der Waals surface area contributed by atoms with E-state index >= 15 is 0 Å². The maximum absolute atomic E-state index is 13.3. The van der Waals surface area contributed by atoms with E-state index in [1.165, 1.54) is 0 Å². The molecule has 1 saturated heterocycles. The zero-order chi connectivity index (χ0) is 23.9. The number of Topliss-reactive ketones (excluding diaryl/α,β-unsaturated/α-hetero) is 1. The molecular weight excluding hydrogens is 484 g/mol. The van der Waals surface area contributed by atoms with Crippen LogP contribution in [0.15, 0.2) is 52.6 Å². The van der Waals surface area contributed by atoms with Gasteiger partial charge in [0.1, 0.15) is 11.3 Å². The zero-order valence-corrected chi connectivity index (χ0v) is 20.8. The Labute approximate surface area is 201 Å². The Kier molecular flexibility index (Phi) is 6.41. The fraction of sp³-hybridized carbons (Fsp3) is 0.320. The number of nitrogens with zero attached hydrogens (tertiary/aromatic N) is 4. The van der Waals surface area contributed by atoms with Crippen LogP contribution in [0.5, 0.6) is 0 Å². The van der Waals surface area contributed by atoms with Gasteiger partial charge in [-0.05, 0) is 70.2 Å². The van der Waals surface area contributed by atoms with Crippen molar-refractivity contribution in [1.29, 1.82) is 0 Å². The number of likely N-dealkylation sites (tertiary alicyclic amines) is 1. The number of aryl methyl sites for hydroxylation is 2. The molecule has 1 atom stereocenters. The number of fused-ring (bicyclic) bond motifs is 1. The number of aliphatic hydroxyl groups is 1. The van der Waals surface area contributed by atoms with Gasteiger partial charge in [0.15, 0.2) is 5.76 Å². The summed E-state index contributed by atoms with van der Waals surface area (Å²) in [4.78, 5) is 34.6. The molecule has 1 aliphatic heterocycles. The van der Waals surface area contributed by atoms with Gasteiger partial charge in [0, 0.05) is 17.2 Å². The van der Waals surface area contributed by atoms with Gasteiger partial charge in [-0.2, -0.15) is 0 Å². The monoisotopic (exact) mass is 510 g/mol. The molecule has 0 spiro atoms. The number of imidazole rings is 1. The normalized spacial score (nSPS) is 18.1. The molecule has 172 valence electrons. The minimum Gasteiger partial charge on any atom is -0.505 e. The highest BCUT2D eigenvalue weighted by molar-refractivity contribution is 9.10. The predicted octanol–water partition coefficient (Wildman–Crippen LogP) is 4.09. The van der Waals surface area contributed by atoms with E-state index in [0.29, 0.717) is 30.0 Å². The smallest absolute Gasteiger partial charge is 0.295 e. The maximum Gasteiger partial charge on any atom is 0.295 e. The molecule has 1 N–H and O–H groups in total. The second kappa shape index (κ2) is 9.11. The number of aliphatic hydroxyl groups excluding tert-OH is 1. The number of rotatable bonds is 6. The maximum atomic E-state index is 13.3. The van der Waals surface area contributed by atoms with Crippen LogP contribution in [0.4, 0.5) is 0 Å². The third-order valence-electron chi connectivity index (χ3n) is 5.95. The molecule has 7 nitrogen and oxygen atoms in total. The molecule has 3 aromatic rings. The second-order valence-electron chi connectivity index (χ2n) is 8.63. The van der Waals surface area contributed by atoms with E-state index in [1.54, 1.807) is 22.4 Å². The van der Waals surface area contributed by atoms with Crippen LogP contribution in [0, 0.1) is 13.8 Å². The van der Waals surface area contributed by atoms with E-state index < -0.39 is 17.7 Å². The van der Waals surface area contributed by atoms with Crippen molar-refractivity contribution in [2.24, 2.45) is 0 Å². The van der Waals surface area contributed by atoms with Gasteiger partial charge in [0.2, 0.25) is 0 Å². The average molecular weight is 511 g/mol. The Morgan fingerprint density at radius 2 is 1.94 bits per heavy atom. The Morgan fingerprint density at radius 1 is 1.18 bits per heavy atom. The van der Waals surface area contributed by atoms with E-state index in [0.717, 1.165) is 22.1 Å². The van der Waals surface area contributed by atoms with Crippen molar-refractivity contribution in [3.8, 4) is 0 Å². The van der Waals surface area contributed by atoms with Crippen molar-refractivity contribution in [3.63, 3.8) is 0 Å². The number of aromatic nitrogens is 2. The lowest BCUT2D eigenvalue weighted by molar-refractivity contribution is -0.139. The SMILES string of the molecule is Cc1nc2c(C)cccn2c1/C(O)=C1\C(=O)C(=O)N(CCCN(C)C)[C@@H]1c1cccc(Br)c1. The number of halogens is 1. The summed E-state index contributed by atoms with van der Waals surface area (Å²) in [5.74, 6) is -1.48. The highest BCUT2D eigenvalue weighted by Gasteiger charge is 2.46. The molecule has 1 fully saturated rings. The summed E-state index contributed by atoms with van der Waals surface area (Å²) < 4.78 is 2.61. The summed E-state index contributed by atoms with van der Waals surface area (Å²) in [6.45, 7) is 4.92. The Balaban J connectivity index is 1.90. The Bertz CT molecular complexity index is 1280. The first kappa shape index (κ1) is 23.2. The molecule has 0 saturated carbocycles. The van der Waals surface area contributed by atoms with Crippen LogP contribution in [0.1, 0.15) is 35.0 Å². The Morgan fingerprint density at radius 3 is 2.64 bits per heavy atom. The Hall–Kier alpha value is -2.97. The molecule has 1 aromatic carbocycles. The molecule has 0 aliphatic carbocycles.